The predicted octanol–water partition coefficient (Wildman–Crippen LogP) is 2.53. The maximum atomic E-state index is 12.2. The third kappa shape index (κ3) is 3.11. The van der Waals surface area contributed by atoms with E-state index in [1.165, 1.54) is 11.8 Å². The topological polar surface area (TPSA) is 44.1 Å². The van der Waals surface area contributed by atoms with Gasteiger partial charge in [0, 0.05) is 19.7 Å². The number of hydrogen-bond donors (Lipinski definition) is 0. The van der Waals surface area contributed by atoms with Gasteiger partial charge in [-0.3, -0.25) is 4.79 Å². The van der Waals surface area contributed by atoms with E-state index in [-0.39, 0.29) is 11.4 Å². The van der Waals surface area contributed by atoms with Crippen molar-refractivity contribution in [2.75, 3.05) is 20.4 Å². The van der Waals surface area contributed by atoms with Crippen LogP contribution >= 0.6 is 11.8 Å². The van der Waals surface area contributed by atoms with Crippen LogP contribution in [0.2, 0.25) is 0 Å². The number of thioether (sulfide) groups is 1. The van der Waals surface area contributed by atoms with Crippen molar-refractivity contribution in [1.29, 1.82) is 5.26 Å². The molecule has 0 aliphatic rings. The number of Topliss-reactive ketones (excluding diaryl/α,β-unsaturated/α-hetero) is 1. The van der Waals surface area contributed by atoms with E-state index in [9.17, 15) is 4.79 Å². The largest absolute Gasteiger partial charge is 0.371 e. The minimum atomic E-state index is -0.230. The number of carbonyl (C=O) groups excluding carboxylic acids is 1. The van der Waals surface area contributed by atoms with Gasteiger partial charge in [-0.1, -0.05) is 30.3 Å². The van der Waals surface area contributed by atoms with E-state index in [1.807, 2.05) is 32.5 Å². The minimum absolute atomic E-state index is 0.189. The number of allylic oxidation sites excluding steroid dienone is 1. The number of hydrogen-bond acceptors (Lipinski definition) is 4. The van der Waals surface area contributed by atoms with Gasteiger partial charge in [0.25, 0.3) is 0 Å². The summed E-state index contributed by atoms with van der Waals surface area (Å²) in [5.41, 5.74) is 0.728. The summed E-state index contributed by atoms with van der Waals surface area (Å²) in [5, 5.41) is 9.82. The Hall–Kier alpha value is -1.73. The first-order chi connectivity index (χ1) is 8.11. The quantitative estimate of drug-likeness (QED) is 0.465. The molecule has 4 heteroatoms. The Morgan fingerprint density at radius 1 is 1.29 bits per heavy atom. The fourth-order valence-corrected chi connectivity index (χ4v) is 2.15. The second-order valence-corrected chi connectivity index (χ2v) is 4.38. The van der Waals surface area contributed by atoms with Gasteiger partial charge in [-0.05, 0) is 6.26 Å². The average molecular weight is 246 g/mol. The molecule has 3 nitrogen and oxygen atoms in total. The lowest BCUT2D eigenvalue weighted by Crippen LogP contribution is -2.15. The van der Waals surface area contributed by atoms with Crippen molar-refractivity contribution >= 4 is 17.5 Å². The number of rotatable bonds is 4. The normalized spacial score (nSPS) is 11.4. The molecule has 0 aliphatic heterocycles. The van der Waals surface area contributed by atoms with E-state index in [1.54, 1.807) is 29.2 Å². The van der Waals surface area contributed by atoms with E-state index in [2.05, 4.69) is 0 Å². The summed E-state index contributed by atoms with van der Waals surface area (Å²) in [7, 11) is 3.64. The summed E-state index contributed by atoms with van der Waals surface area (Å²) in [5.74, 6) is -0.230. The van der Waals surface area contributed by atoms with Gasteiger partial charge in [-0.2, -0.15) is 5.26 Å². The van der Waals surface area contributed by atoms with Crippen molar-refractivity contribution < 1.29 is 4.79 Å². The molecular weight excluding hydrogens is 232 g/mol. The third-order valence-corrected chi connectivity index (χ3v) is 3.14. The highest BCUT2D eigenvalue weighted by Gasteiger charge is 2.17. The summed E-state index contributed by atoms with van der Waals surface area (Å²) >= 11 is 1.40. The summed E-state index contributed by atoms with van der Waals surface area (Å²) in [6.45, 7) is 0. The molecule has 1 rings (SSSR count). The Morgan fingerprint density at radius 3 is 2.29 bits per heavy atom. The van der Waals surface area contributed by atoms with E-state index >= 15 is 0 Å². The van der Waals surface area contributed by atoms with Crippen molar-refractivity contribution in [1.82, 2.24) is 4.90 Å². The monoisotopic (exact) mass is 246 g/mol. The highest BCUT2D eigenvalue weighted by Crippen LogP contribution is 2.21. The minimum Gasteiger partial charge on any atom is -0.371 e. The van der Waals surface area contributed by atoms with Crippen LogP contribution in [-0.4, -0.2) is 31.0 Å². The number of nitrogens with zero attached hydrogens (tertiary/aromatic N) is 2. The molecule has 0 heterocycles. The summed E-state index contributed by atoms with van der Waals surface area (Å²) < 4.78 is 0. The van der Waals surface area contributed by atoms with Crippen LogP contribution in [0.5, 0.6) is 0 Å². The summed E-state index contributed by atoms with van der Waals surface area (Å²) in [6, 6.07) is 10.8. The number of benzene rings is 1. The molecule has 0 saturated carbocycles. The van der Waals surface area contributed by atoms with Gasteiger partial charge in [-0.25, -0.2) is 0 Å². The Kier molecular flexibility index (Phi) is 4.80. The van der Waals surface area contributed by atoms with Crippen LogP contribution in [0.25, 0.3) is 0 Å². The number of ketones is 1. The van der Waals surface area contributed by atoms with Crippen LogP contribution in [0.3, 0.4) is 0 Å². The summed E-state index contributed by atoms with van der Waals surface area (Å²) in [6.07, 6.45) is 1.85. The molecule has 0 unspecified atom stereocenters. The molecule has 0 radical (unpaired) electrons. The van der Waals surface area contributed by atoms with E-state index < -0.39 is 0 Å². The van der Waals surface area contributed by atoms with Crippen molar-refractivity contribution in [2.45, 2.75) is 0 Å². The van der Waals surface area contributed by atoms with Gasteiger partial charge in [0.05, 0.1) is 5.03 Å². The number of carbonyl (C=O) groups is 1. The maximum absolute atomic E-state index is 12.2. The molecule has 0 saturated heterocycles. The molecule has 0 atom stereocenters. The van der Waals surface area contributed by atoms with Crippen molar-refractivity contribution in [3.8, 4) is 6.07 Å². The second-order valence-electron chi connectivity index (χ2n) is 3.59. The zero-order chi connectivity index (χ0) is 12.8. The molecule has 0 aliphatic carbocycles. The molecule has 0 fully saturated rings. The highest BCUT2D eigenvalue weighted by molar-refractivity contribution is 8.02. The van der Waals surface area contributed by atoms with E-state index in [4.69, 9.17) is 5.26 Å². The van der Waals surface area contributed by atoms with Gasteiger partial charge in [-0.15, -0.1) is 11.8 Å². The molecule has 0 amide bonds. The highest BCUT2D eigenvalue weighted by atomic mass is 32.2. The Bertz CT molecular complexity index is 472. The fraction of sp³-hybridized carbons (Fsp3) is 0.231. The van der Waals surface area contributed by atoms with Crippen molar-refractivity contribution in [3.63, 3.8) is 0 Å². The van der Waals surface area contributed by atoms with Gasteiger partial charge in [0.2, 0.25) is 5.78 Å². The molecule has 1 aromatic rings. The second kappa shape index (κ2) is 6.12. The molecule has 0 aromatic heterocycles. The van der Waals surface area contributed by atoms with Crippen LogP contribution in [0.15, 0.2) is 40.9 Å². The molecule has 88 valence electrons. The van der Waals surface area contributed by atoms with Crippen molar-refractivity contribution in [3.05, 3.63) is 46.5 Å². The van der Waals surface area contributed by atoms with Crippen LogP contribution in [0.1, 0.15) is 10.4 Å². The van der Waals surface area contributed by atoms with Crippen LogP contribution in [0.4, 0.5) is 0 Å². The van der Waals surface area contributed by atoms with Crippen LogP contribution < -0.4 is 0 Å². The lowest BCUT2D eigenvalue weighted by atomic mass is 10.1. The Balaban J connectivity index is 3.22. The SMILES string of the molecule is CS/C(=C(/C#N)C(=O)c1ccccc1)N(C)C. The zero-order valence-electron chi connectivity index (χ0n) is 10.1. The van der Waals surface area contributed by atoms with E-state index in [0.29, 0.717) is 10.6 Å². The molecule has 17 heavy (non-hydrogen) atoms. The molecular formula is C13H14N2OS. The number of nitriles is 1. The first kappa shape index (κ1) is 13.3. The summed E-state index contributed by atoms with van der Waals surface area (Å²) in [4.78, 5) is 13.9. The maximum Gasteiger partial charge on any atom is 0.206 e. The Morgan fingerprint density at radius 2 is 1.88 bits per heavy atom. The molecule has 0 bridgehead atoms. The van der Waals surface area contributed by atoms with Gasteiger partial charge in [0.15, 0.2) is 0 Å². The smallest absolute Gasteiger partial charge is 0.206 e. The Labute approximate surface area is 106 Å². The average Bonchev–Trinajstić information content (AvgIpc) is 2.35. The first-order valence-corrected chi connectivity index (χ1v) is 6.29. The van der Waals surface area contributed by atoms with Crippen LogP contribution in [0, 0.1) is 11.3 Å². The van der Waals surface area contributed by atoms with Gasteiger partial charge in [0.1, 0.15) is 11.6 Å². The lowest BCUT2D eigenvalue weighted by Gasteiger charge is -2.16. The fourth-order valence-electron chi connectivity index (χ4n) is 1.44. The third-order valence-electron chi connectivity index (χ3n) is 2.19. The standard InChI is InChI=1S/C13H14N2OS/c1-15(2)13(17-3)11(9-14)12(16)10-7-5-4-6-8-10/h4-8H,1-3H3/b13-11-. The molecule has 0 spiro atoms. The van der Waals surface area contributed by atoms with E-state index in [0.717, 1.165) is 0 Å². The van der Waals surface area contributed by atoms with Gasteiger partial charge >= 0.3 is 0 Å². The van der Waals surface area contributed by atoms with Crippen molar-refractivity contribution in [2.24, 2.45) is 0 Å². The van der Waals surface area contributed by atoms with Crippen LogP contribution in [-0.2, 0) is 0 Å². The van der Waals surface area contributed by atoms with Gasteiger partial charge < -0.3 is 4.90 Å². The first-order valence-electron chi connectivity index (χ1n) is 5.07. The lowest BCUT2D eigenvalue weighted by molar-refractivity contribution is 0.103. The zero-order valence-corrected chi connectivity index (χ0v) is 10.9. The molecule has 0 N–H and O–H groups in total. The predicted molar refractivity (Wildman–Crippen MR) is 70.6 cm³/mol. The molecule has 1 aromatic carbocycles.